The van der Waals surface area contributed by atoms with Gasteiger partial charge in [0, 0.05) is 71.4 Å². The number of benzene rings is 2. The third-order valence-corrected chi connectivity index (χ3v) is 8.93. The lowest BCUT2D eigenvalue weighted by Gasteiger charge is -2.40. The Labute approximate surface area is 264 Å². The van der Waals surface area contributed by atoms with E-state index in [1.165, 1.54) is 16.7 Å². The van der Waals surface area contributed by atoms with Gasteiger partial charge in [-0.05, 0) is 41.7 Å². The molecule has 0 radical (unpaired) electrons. The molecule has 0 amide bonds. The molecular formula is C35H53N3O6. The Morgan fingerprint density at radius 2 is 1.75 bits per heavy atom. The first-order valence-corrected chi connectivity index (χ1v) is 16.4. The van der Waals surface area contributed by atoms with Crippen LogP contribution in [0.3, 0.4) is 0 Å². The van der Waals surface area contributed by atoms with Gasteiger partial charge in [0.25, 0.3) is 0 Å². The van der Waals surface area contributed by atoms with Gasteiger partial charge < -0.3 is 38.6 Å². The number of methoxy groups -OCH3 is 2. The number of ether oxygens (including phenoxy) is 6. The second-order valence-electron chi connectivity index (χ2n) is 12.5. The van der Waals surface area contributed by atoms with Crippen LogP contribution in [0.4, 0.5) is 5.69 Å². The summed E-state index contributed by atoms with van der Waals surface area (Å²) in [6, 6.07) is 15.9. The van der Waals surface area contributed by atoms with Crippen molar-refractivity contribution in [1.29, 1.82) is 0 Å². The molecule has 3 aliphatic heterocycles. The van der Waals surface area contributed by atoms with Gasteiger partial charge in [-0.25, -0.2) is 0 Å². The van der Waals surface area contributed by atoms with E-state index in [0.717, 1.165) is 83.4 Å². The van der Waals surface area contributed by atoms with E-state index in [2.05, 4.69) is 64.5 Å². The molecule has 44 heavy (non-hydrogen) atoms. The van der Waals surface area contributed by atoms with Gasteiger partial charge in [0.15, 0.2) is 0 Å². The Balaban J connectivity index is 1.23. The highest BCUT2D eigenvalue weighted by atomic mass is 16.5. The topological polar surface area (TPSA) is 73.9 Å². The van der Waals surface area contributed by atoms with Crippen molar-refractivity contribution in [1.82, 2.24) is 10.2 Å². The van der Waals surface area contributed by atoms with Crippen LogP contribution < -0.4 is 15.0 Å². The zero-order valence-corrected chi connectivity index (χ0v) is 27.0. The van der Waals surface area contributed by atoms with Crippen molar-refractivity contribution in [3.8, 4) is 5.75 Å². The first-order valence-electron chi connectivity index (χ1n) is 16.4. The summed E-state index contributed by atoms with van der Waals surface area (Å²) in [6.45, 7) is 13.6. The minimum Gasteiger partial charge on any atom is -0.490 e. The maximum atomic E-state index is 6.73. The van der Waals surface area contributed by atoms with Crippen LogP contribution in [0.15, 0.2) is 42.5 Å². The molecule has 2 fully saturated rings. The Kier molecular flexibility index (Phi) is 13.1. The molecule has 0 spiro atoms. The monoisotopic (exact) mass is 611 g/mol. The Morgan fingerprint density at radius 1 is 0.932 bits per heavy atom. The van der Waals surface area contributed by atoms with E-state index < -0.39 is 0 Å². The zero-order valence-electron chi connectivity index (χ0n) is 27.0. The molecule has 2 aromatic rings. The zero-order chi connectivity index (χ0) is 30.6. The van der Waals surface area contributed by atoms with Gasteiger partial charge in [-0.15, -0.1) is 0 Å². The number of nitrogens with zero attached hydrogens (tertiary/aromatic N) is 2. The number of hydrogen-bond acceptors (Lipinski definition) is 9. The van der Waals surface area contributed by atoms with Gasteiger partial charge in [-0.2, -0.15) is 0 Å². The minimum atomic E-state index is 0.0815. The molecule has 244 valence electrons. The largest absolute Gasteiger partial charge is 0.490 e. The van der Waals surface area contributed by atoms with E-state index in [1.54, 1.807) is 14.2 Å². The van der Waals surface area contributed by atoms with Crippen LogP contribution in [0.25, 0.3) is 0 Å². The molecule has 0 aliphatic carbocycles. The number of hydrogen-bond donors (Lipinski definition) is 1. The summed E-state index contributed by atoms with van der Waals surface area (Å²) >= 11 is 0. The molecule has 0 aromatic heterocycles. The summed E-state index contributed by atoms with van der Waals surface area (Å²) in [5.41, 5.74) is 4.87. The molecule has 5 rings (SSSR count). The van der Waals surface area contributed by atoms with Gasteiger partial charge in [0.1, 0.15) is 12.4 Å². The number of nitrogens with one attached hydrogen (secondary N) is 1. The molecule has 9 heteroatoms. The fourth-order valence-electron chi connectivity index (χ4n) is 6.54. The normalized spacial score (nSPS) is 23.2. The van der Waals surface area contributed by atoms with Crippen LogP contribution in [-0.4, -0.2) is 110 Å². The average molecular weight is 612 g/mol. The third-order valence-electron chi connectivity index (χ3n) is 8.93. The predicted octanol–water partition coefficient (Wildman–Crippen LogP) is 4.08. The first kappa shape index (κ1) is 33.1. The highest BCUT2D eigenvalue weighted by molar-refractivity contribution is 5.61. The van der Waals surface area contributed by atoms with Crippen LogP contribution in [0.2, 0.25) is 0 Å². The van der Waals surface area contributed by atoms with Crippen molar-refractivity contribution >= 4 is 5.69 Å². The van der Waals surface area contributed by atoms with E-state index in [0.29, 0.717) is 50.9 Å². The van der Waals surface area contributed by atoms with Crippen molar-refractivity contribution in [3.63, 3.8) is 0 Å². The summed E-state index contributed by atoms with van der Waals surface area (Å²) < 4.78 is 34.8. The molecule has 3 aliphatic rings. The van der Waals surface area contributed by atoms with E-state index in [4.69, 9.17) is 28.4 Å². The number of anilines is 1. The number of piperidine rings is 1. The summed E-state index contributed by atoms with van der Waals surface area (Å²) in [5, 5.41) is 3.82. The molecule has 2 saturated heterocycles. The van der Waals surface area contributed by atoms with E-state index in [9.17, 15) is 0 Å². The second kappa shape index (κ2) is 17.5. The summed E-state index contributed by atoms with van der Waals surface area (Å²) in [5.74, 6) is 1.65. The van der Waals surface area contributed by atoms with Crippen LogP contribution in [0, 0.1) is 5.92 Å². The summed E-state index contributed by atoms with van der Waals surface area (Å²) in [4.78, 5) is 4.93. The molecule has 9 nitrogen and oxygen atoms in total. The molecule has 3 heterocycles. The molecule has 4 atom stereocenters. The Bertz CT molecular complexity index is 1110. The van der Waals surface area contributed by atoms with Crippen molar-refractivity contribution in [2.75, 3.05) is 98.0 Å². The van der Waals surface area contributed by atoms with E-state index >= 15 is 0 Å². The fraction of sp³-hybridized carbons (Fsp3) is 0.657. The van der Waals surface area contributed by atoms with Crippen molar-refractivity contribution in [2.45, 2.75) is 51.0 Å². The highest BCUT2D eigenvalue weighted by Crippen LogP contribution is 2.35. The van der Waals surface area contributed by atoms with Crippen molar-refractivity contribution in [3.05, 3.63) is 59.2 Å². The highest BCUT2D eigenvalue weighted by Gasteiger charge is 2.33. The summed E-state index contributed by atoms with van der Waals surface area (Å²) in [6.07, 6.45) is 2.12. The lowest BCUT2D eigenvalue weighted by atomic mass is 9.83. The molecule has 0 bridgehead atoms. The SMILES string of the molecule is COCCCN1CCOc2ccc(CO[C@H]3CN[C@@H](CN4CCOCC4)C[C@@H]3c3ccc(COCC(C)COC)cc3)cc21. The van der Waals surface area contributed by atoms with Crippen LogP contribution >= 0.6 is 0 Å². The lowest BCUT2D eigenvalue weighted by Crippen LogP contribution is -2.52. The smallest absolute Gasteiger partial charge is 0.142 e. The quantitative estimate of drug-likeness (QED) is 0.283. The van der Waals surface area contributed by atoms with Gasteiger partial charge >= 0.3 is 0 Å². The van der Waals surface area contributed by atoms with E-state index in [1.807, 2.05) is 0 Å². The first-order chi connectivity index (χ1) is 21.6. The van der Waals surface area contributed by atoms with Gasteiger partial charge in [-0.3, -0.25) is 4.90 Å². The predicted molar refractivity (Wildman–Crippen MR) is 173 cm³/mol. The maximum absolute atomic E-state index is 6.73. The minimum absolute atomic E-state index is 0.0815. The van der Waals surface area contributed by atoms with Gasteiger partial charge in [0.05, 0.1) is 58.0 Å². The molecule has 1 unspecified atom stereocenters. The average Bonchev–Trinajstić information content (AvgIpc) is 3.05. The van der Waals surface area contributed by atoms with Crippen molar-refractivity contribution in [2.24, 2.45) is 5.92 Å². The molecule has 0 saturated carbocycles. The number of rotatable bonds is 16. The lowest BCUT2D eigenvalue weighted by molar-refractivity contribution is -0.00688. The van der Waals surface area contributed by atoms with Crippen LogP contribution in [0.1, 0.15) is 42.4 Å². The maximum Gasteiger partial charge on any atom is 0.142 e. The second-order valence-corrected chi connectivity index (χ2v) is 12.5. The van der Waals surface area contributed by atoms with Gasteiger partial charge in [0.2, 0.25) is 0 Å². The molecule has 2 aromatic carbocycles. The molecular weight excluding hydrogens is 558 g/mol. The number of fused-ring (bicyclic) bond motifs is 1. The van der Waals surface area contributed by atoms with Crippen molar-refractivity contribution < 1.29 is 28.4 Å². The van der Waals surface area contributed by atoms with Crippen LogP contribution in [-0.2, 0) is 36.9 Å². The number of morpholine rings is 1. The van der Waals surface area contributed by atoms with E-state index in [-0.39, 0.29) is 6.10 Å². The Hall–Kier alpha value is -2.24. The molecule has 1 N–H and O–H groups in total. The Morgan fingerprint density at radius 3 is 2.55 bits per heavy atom. The van der Waals surface area contributed by atoms with Gasteiger partial charge in [-0.1, -0.05) is 37.3 Å². The summed E-state index contributed by atoms with van der Waals surface area (Å²) in [7, 11) is 3.50. The third kappa shape index (κ3) is 9.63. The van der Waals surface area contributed by atoms with Crippen LogP contribution in [0.5, 0.6) is 5.75 Å². The standard InChI is InChI=1S/C35H53N3O6/c1-27(23-40-3)24-42-25-28-5-8-30(9-6-28)32-20-31(22-37-12-16-41-17-13-37)36-21-35(32)44-26-29-7-10-34-33(19-29)38(14-18-43-34)11-4-15-39-2/h5-10,19,27,31-32,35-36H,4,11-18,20-26H2,1-3H3/t27?,31-,32-,35+/m1/s1. The fourth-order valence-corrected chi connectivity index (χ4v) is 6.54.